The molecule has 1 fully saturated rings. The Labute approximate surface area is 146 Å². The smallest absolute Gasteiger partial charge is 0.240 e. The normalized spacial score (nSPS) is 17.6. The molecule has 22 heavy (non-hydrogen) atoms. The molecular weight excluding hydrogens is 392 g/mol. The van der Waals surface area contributed by atoms with Crippen molar-refractivity contribution in [1.82, 2.24) is 10.0 Å². The average molecular weight is 414 g/mol. The van der Waals surface area contributed by atoms with Crippen molar-refractivity contribution in [2.75, 3.05) is 26.7 Å². The summed E-state index contributed by atoms with van der Waals surface area (Å²) in [5.41, 5.74) is 0.0159. The molecule has 0 aliphatic carbocycles. The van der Waals surface area contributed by atoms with Gasteiger partial charge in [-0.05, 0) is 65.5 Å². The minimum absolute atomic E-state index is 0. The SMILES string of the molecule is COc1ccc(S(=O)(=O)NCC2(C)CCNCC2)cc1Br.Cl. The molecule has 0 unspecified atom stereocenters. The van der Waals surface area contributed by atoms with Crippen LogP contribution >= 0.6 is 28.3 Å². The first-order valence-corrected chi connectivity index (χ1v) is 9.18. The van der Waals surface area contributed by atoms with Crippen LogP contribution in [0.1, 0.15) is 19.8 Å². The Morgan fingerprint density at radius 1 is 1.36 bits per heavy atom. The van der Waals surface area contributed by atoms with Crippen molar-refractivity contribution >= 4 is 38.4 Å². The lowest BCUT2D eigenvalue weighted by atomic mass is 9.81. The minimum Gasteiger partial charge on any atom is -0.496 e. The van der Waals surface area contributed by atoms with Crippen molar-refractivity contribution in [3.63, 3.8) is 0 Å². The van der Waals surface area contributed by atoms with Gasteiger partial charge in [0, 0.05) is 6.54 Å². The van der Waals surface area contributed by atoms with E-state index in [1.807, 2.05) is 0 Å². The summed E-state index contributed by atoms with van der Waals surface area (Å²) in [5, 5.41) is 3.29. The molecule has 8 heteroatoms. The lowest BCUT2D eigenvalue weighted by Crippen LogP contribution is -2.42. The van der Waals surface area contributed by atoms with Crippen LogP contribution in [0, 0.1) is 5.41 Å². The van der Waals surface area contributed by atoms with Crippen molar-refractivity contribution in [3.05, 3.63) is 22.7 Å². The second-order valence-electron chi connectivity index (χ2n) is 5.68. The summed E-state index contributed by atoms with van der Waals surface area (Å²) in [6.07, 6.45) is 1.95. The van der Waals surface area contributed by atoms with E-state index in [1.54, 1.807) is 25.3 Å². The van der Waals surface area contributed by atoms with Gasteiger partial charge in [0.2, 0.25) is 10.0 Å². The topological polar surface area (TPSA) is 67.4 Å². The maximum Gasteiger partial charge on any atom is 0.240 e. The van der Waals surface area contributed by atoms with E-state index < -0.39 is 10.0 Å². The number of hydrogen-bond acceptors (Lipinski definition) is 4. The van der Waals surface area contributed by atoms with Gasteiger partial charge in [0.1, 0.15) is 5.75 Å². The van der Waals surface area contributed by atoms with Crippen LogP contribution in [0.5, 0.6) is 5.75 Å². The van der Waals surface area contributed by atoms with Crippen molar-refractivity contribution in [2.45, 2.75) is 24.7 Å². The van der Waals surface area contributed by atoms with E-state index in [-0.39, 0.29) is 22.7 Å². The van der Waals surface area contributed by atoms with Gasteiger partial charge in [0.25, 0.3) is 0 Å². The van der Waals surface area contributed by atoms with Crippen LogP contribution in [0.3, 0.4) is 0 Å². The van der Waals surface area contributed by atoms with Gasteiger partial charge in [0.15, 0.2) is 0 Å². The summed E-state index contributed by atoms with van der Waals surface area (Å²) in [7, 11) is -1.96. The number of hydrogen-bond donors (Lipinski definition) is 2. The Balaban J connectivity index is 0.00000242. The van der Waals surface area contributed by atoms with Gasteiger partial charge in [-0.1, -0.05) is 6.92 Å². The molecule has 1 aliphatic heterocycles. The highest BCUT2D eigenvalue weighted by molar-refractivity contribution is 9.10. The van der Waals surface area contributed by atoms with Crippen LogP contribution in [-0.2, 0) is 10.0 Å². The van der Waals surface area contributed by atoms with Crippen molar-refractivity contribution < 1.29 is 13.2 Å². The molecule has 0 aromatic heterocycles. The molecule has 126 valence electrons. The van der Waals surface area contributed by atoms with Gasteiger partial charge in [-0.15, -0.1) is 12.4 Å². The summed E-state index contributed by atoms with van der Waals surface area (Å²) in [6, 6.07) is 4.76. The van der Waals surface area contributed by atoms with Gasteiger partial charge in [-0.2, -0.15) is 0 Å². The van der Waals surface area contributed by atoms with Gasteiger partial charge < -0.3 is 10.1 Å². The molecule has 0 atom stereocenters. The quantitative estimate of drug-likeness (QED) is 0.778. The largest absolute Gasteiger partial charge is 0.496 e. The molecule has 0 amide bonds. The molecule has 1 aromatic carbocycles. The fourth-order valence-corrected chi connectivity index (χ4v) is 4.29. The van der Waals surface area contributed by atoms with Gasteiger partial charge in [-0.3, -0.25) is 0 Å². The van der Waals surface area contributed by atoms with E-state index >= 15 is 0 Å². The summed E-state index contributed by atoms with van der Waals surface area (Å²) in [4.78, 5) is 0.243. The minimum atomic E-state index is -3.50. The van der Waals surface area contributed by atoms with Crippen LogP contribution in [0.4, 0.5) is 0 Å². The van der Waals surface area contributed by atoms with Crippen LogP contribution in [0.15, 0.2) is 27.6 Å². The van der Waals surface area contributed by atoms with Crippen LogP contribution in [-0.4, -0.2) is 35.2 Å². The van der Waals surface area contributed by atoms with E-state index in [1.165, 1.54) is 0 Å². The third kappa shape index (κ3) is 4.83. The highest BCUT2D eigenvalue weighted by Gasteiger charge is 2.28. The third-order valence-electron chi connectivity index (χ3n) is 3.93. The molecule has 2 N–H and O–H groups in total. The van der Waals surface area contributed by atoms with Gasteiger partial charge in [0.05, 0.1) is 16.5 Å². The van der Waals surface area contributed by atoms with E-state index in [2.05, 4.69) is 32.9 Å². The second-order valence-corrected chi connectivity index (χ2v) is 8.30. The summed E-state index contributed by atoms with van der Waals surface area (Å²) in [6.45, 7) is 4.46. The molecule has 1 heterocycles. The fraction of sp³-hybridized carbons (Fsp3) is 0.571. The highest BCUT2D eigenvalue weighted by atomic mass is 79.9. The molecular formula is C14H22BrClN2O3S. The third-order valence-corrected chi connectivity index (χ3v) is 5.95. The van der Waals surface area contributed by atoms with Crippen molar-refractivity contribution in [3.8, 4) is 5.75 Å². The van der Waals surface area contributed by atoms with E-state index in [9.17, 15) is 8.42 Å². The Kier molecular flexibility index (Phi) is 7.14. The molecule has 1 aliphatic rings. The first-order valence-electron chi connectivity index (χ1n) is 6.90. The Bertz CT molecular complexity index is 604. The predicted molar refractivity (Wildman–Crippen MR) is 93.3 cm³/mol. The predicted octanol–water partition coefficient (Wildman–Crippen LogP) is 2.55. The fourth-order valence-electron chi connectivity index (χ4n) is 2.37. The molecule has 0 saturated carbocycles. The summed E-state index contributed by atoms with van der Waals surface area (Å²) >= 11 is 3.31. The number of rotatable bonds is 5. The monoisotopic (exact) mass is 412 g/mol. The highest BCUT2D eigenvalue weighted by Crippen LogP contribution is 2.29. The zero-order chi connectivity index (χ0) is 15.5. The molecule has 1 aromatic rings. The number of piperidine rings is 1. The Hall–Kier alpha value is -0.340. The Morgan fingerprint density at radius 2 is 2.00 bits per heavy atom. The lowest BCUT2D eigenvalue weighted by molar-refractivity contribution is 0.232. The molecule has 0 bridgehead atoms. The summed E-state index contributed by atoms with van der Waals surface area (Å²) in [5.74, 6) is 0.610. The van der Waals surface area contributed by atoms with E-state index in [4.69, 9.17) is 4.74 Å². The second kappa shape index (κ2) is 7.97. The molecule has 0 radical (unpaired) electrons. The van der Waals surface area contributed by atoms with Crippen LogP contribution < -0.4 is 14.8 Å². The van der Waals surface area contributed by atoms with Crippen LogP contribution in [0.2, 0.25) is 0 Å². The lowest BCUT2D eigenvalue weighted by Gasteiger charge is -2.34. The maximum absolute atomic E-state index is 12.4. The first kappa shape index (κ1) is 19.7. The molecule has 1 saturated heterocycles. The molecule has 0 spiro atoms. The van der Waals surface area contributed by atoms with Crippen molar-refractivity contribution in [2.24, 2.45) is 5.41 Å². The average Bonchev–Trinajstić information content (AvgIpc) is 2.46. The zero-order valence-corrected chi connectivity index (χ0v) is 15.9. The van der Waals surface area contributed by atoms with E-state index in [0.717, 1.165) is 25.9 Å². The molecule has 5 nitrogen and oxygen atoms in total. The first-order chi connectivity index (χ1) is 9.86. The number of halogens is 2. The van der Waals surface area contributed by atoms with E-state index in [0.29, 0.717) is 16.8 Å². The number of benzene rings is 1. The molecule has 2 rings (SSSR count). The zero-order valence-electron chi connectivity index (χ0n) is 12.7. The van der Waals surface area contributed by atoms with Gasteiger partial charge >= 0.3 is 0 Å². The summed E-state index contributed by atoms with van der Waals surface area (Å²) < 4.78 is 33.2. The standard InChI is InChI=1S/C14H21BrN2O3S.ClH/c1-14(5-7-16-8-6-14)10-17-21(18,19)11-3-4-13(20-2)12(15)9-11;/h3-4,9,16-17H,5-8,10H2,1-2H3;1H. The van der Waals surface area contributed by atoms with Crippen LogP contribution in [0.25, 0.3) is 0 Å². The maximum atomic E-state index is 12.4. The number of sulfonamides is 1. The van der Waals surface area contributed by atoms with Crippen molar-refractivity contribution in [1.29, 1.82) is 0 Å². The Morgan fingerprint density at radius 3 is 2.55 bits per heavy atom. The van der Waals surface area contributed by atoms with Gasteiger partial charge in [-0.25, -0.2) is 13.1 Å². The number of ether oxygens (including phenoxy) is 1. The number of nitrogens with one attached hydrogen (secondary N) is 2. The number of methoxy groups -OCH3 is 1.